The lowest BCUT2D eigenvalue weighted by atomic mass is 9.96. The summed E-state index contributed by atoms with van der Waals surface area (Å²) in [7, 11) is -3.60. The van der Waals surface area contributed by atoms with E-state index in [0.717, 1.165) is 45.4 Å². The Morgan fingerprint density at radius 1 is 1.09 bits per heavy atom. The van der Waals surface area contributed by atoms with Gasteiger partial charge >= 0.3 is 0 Å². The van der Waals surface area contributed by atoms with Gasteiger partial charge in [-0.3, -0.25) is 9.69 Å². The largest absolute Gasteiger partial charge is 0.381 e. The van der Waals surface area contributed by atoms with Crippen LogP contribution in [0, 0.1) is 12.8 Å². The molecule has 3 fully saturated rings. The highest BCUT2D eigenvalue weighted by Gasteiger charge is 2.32. The molecule has 178 valence electrons. The van der Waals surface area contributed by atoms with Crippen LogP contribution in [-0.4, -0.2) is 88.7 Å². The molecular formula is C23H35N3O5S. The Morgan fingerprint density at radius 3 is 2.53 bits per heavy atom. The number of hydrogen-bond acceptors (Lipinski definition) is 6. The van der Waals surface area contributed by atoms with Crippen LogP contribution in [0.2, 0.25) is 0 Å². The average molecular weight is 466 g/mol. The van der Waals surface area contributed by atoms with E-state index in [1.165, 1.54) is 6.07 Å². The lowest BCUT2D eigenvalue weighted by Gasteiger charge is -2.37. The number of hydrogen-bond donors (Lipinski definition) is 1. The summed E-state index contributed by atoms with van der Waals surface area (Å²) in [4.78, 5) is 15.6. The fourth-order valence-electron chi connectivity index (χ4n) is 4.92. The molecule has 0 aromatic heterocycles. The van der Waals surface area contributed by atoms with Crippen LogP contribution in [0.15, 0.2) is 23.1 Å². The molecule has 2 atom stereocenters. The molecule has 4 rings (SSSR count). The summed E-state index contributed by atoms with van der Waals surface area (Å²) in [5.74, 6) is 0.138. The summed E-state index contributed by atoms with van der Waals surface area (Å²) in [5.41, 5.74) is 1.05. The molecule has 0 saturated carbocycles. The number of ether oxygens (including phenoxy) is 2. The lowest BCUT2D eigenvalue weighted by molar-refractivity contribution is 0.00166. The molecule has 0 radical (unpaired) electrons. The molecule has 0 spiro atoms. The second-order valence-corrected chi connectivity index (χ2v) is 10.9. The SMILES string of the molecule is Cc1ccc(C(=O)NCC(C2CCOC2)N2CCOCC2)cc1S(=O)(=O)N1CCCCC1. The zero-order chi connectivity index (χ0) is 22.6. The van der Waals surface area contributed by atoms with Crippen LogP contribution in [0.5, 0.6) is 0 Å². The highest BCUT2D eigenvalue weighted by Crippen LogP contribution is 2.25. The average Bonchev–Trinajstić information content (AvgIpc) is 3.35. The Bertz CT molecular complexity index is 889. The minimum Gasteiger partial charge on any atom is -0.381 e. The van der Waals surface area contributed by atoms with Crippen LogP contribution in [-0.2, 0) is 19.5 Å². The van der Waals surface area contributed by atoms with Crippen molar-refractivity contribution in [1.29, 1.82) is 0 Å². The standard InChI is InChI=1S/C23H35N3O5S/c1-18-5-6-19(15-22(18)32(28,29)26-8-3-2-4-9-26)23(27)24-16-21(20-7-12-31-17-20)25-10-13-30-14-11-25/h5-6,15,20-21H,2-4,7-14,16-17H2,1H3,(H,24,27). The van der Waals surface area contributed by atoms with Gasteiger partial charge in [0.15, 0.2) is 0 Å². The Hall–Kier alpha value is -1.52. The molecule has 1 aromatic carbocycles. The van der Waals surface area contributed by atoms with Gasteiger partial charge in [-0.25, -0.2) is 8.42 Å². The molecule has 0 bridgehead atoms. The van der Waals surface area contributed by atoms with Crippen molar-refractivity contribution in [3.05, 3.63) is 29.3 Å². The number of aryl methyl sites for hydroxylation is 1. The molecule has 1 amide bonds. The number of carbonyl (C=O) groups is 1. The second-order valence-electron chi connectivity index (χ2n) is 8.99. The predicted molar refractivity (Wildman–Crippen MR) is 121 cm³/mol. The number of nitrogens with zero attached hydrogens (tertiary/aromatic N) is 2. The smallest absolute Gasteiger partial charge is 0.251 e. The van der Waals surface area contributed by atoms with Crippen molar-refractivity contribution in [1.82, 2.24) is 14.5 Å². The fourth-order valence-corrected chi connectivity index (χ4v) is 6.69. The third-order valence-corrected chi connectivity index (χ3v) is 8.92. The first-order chi connectivity index (χ1) is 15.5. The van der Waals surface area contributed by atoms with E-state index in [1.54, 1.807) is 23.4 Å². The summed E-state index contributed by atoms with van der Waals surface area (Å²) in [5, 5.41) is 3.07. The van der Waals surface area contributed by atoms with Gasteiger partial charge in [0, 0.05) is 56.9 Å². The van der Waals surface area contributed by atoms with E-state index < -0.39 is 10.0 Å². The maximum absolute atomic E-state index is 13.2. The third kappa shape index (κ3) is 5.34. The van der Waals surface area contributed by atoms with E-state index in [0.29, 0.717) is 56.5 Å². The van der Waals surface area contributed by atoms with Gasteiger partial charge in [-0.2, -0.15) is 4.31 Å². The molecule has 1 N–H and O–H groups in total. The first-order valence-electron chi connectivity index (χ1n) is 11.8. The van der Waals surface area contributed by atoms with Crippen LogP contribution in [0.1, 0.15) is 41.6 Å². The molecule has 3 aliphatic heterocycles. The summed E-state index contributed by atoms with van der Waals surface area (Å²) in [6.07, 6.45) is 3.81. The highest BCUT2D eigenvalue weighted by atomic mass is 32.2. The van der Waals surface area contributed by atoms with Crippen molar-refractivity contribution >= 4 is 15.9 Å². The normalized spacial score (nSPS) is 24.3. The third-order valence-electron chi connectivity index (χ3n) is 6.88. The van der Waals surface area contributed by atoms with Gasteiger partial charge in [0.2, 0.25) is 10.0 Å². The van der Waals surface area contributed by atoms with Gasteiger partial charge in [-0.15, -0.1) is 0 Å². The van der Waals surface area contributed by atoms with Crippen molar-refractivity contribution in [2.24, 2.45) is 5.92 Å². The summed E-state index contributed by atoms with van der Waals surface area (Å²) >= 11 is 0. The van der Waals surface area contributed by atoms with Gasteiger partial charge < -0.3 is 14.8 Å². The number of rotatable bonds is 7. The monoisotopic (exact) mass is 465 g/mol. The summed E-state index contributed by atoms with van der Waals surface area (Å²) < 4.78 is 39.0. The second kappa shape index (κ2) is 10.6. The number of piperidine rings is 1. The number of sulfonamides is 1. The number of amides is 1. The zero-order valence-electron chi connectivity index (χ0n) is 18.9. The molecule has 3 saturated heterocycles. The van der Waals surface area contributed by atoms with E-state index in [1.807, 2.05) is 0 Å². The maximum atomic E-state index is 13.2. The predicted octanol–water partition coefficient (Wildman–Crippen LogP) is 1.64. The van der Waals surface area contributed by atoms with Crippen LogP contribution < -0.4 is 5.32 Å². The van der Waals surface area contributed by atoms with Crippen LogP contribution in [0.3, 0.4) is 0 Å². The molecule has 2 unspecified atom stereocenters. The zero-order valence-corrected chi connectivity index (χ0v) is 19.7. The maximum Gasteiger partial charge on any atom is 0.251 e. The Balaban J connectivity index is 1.47. The molecule has 3 heterocycles. The van der Waals surface area contributed by atoms with Crippen LogP contribution in [0.25, 0.3) is 0 Å². The van der Waals surface area contributed by atoms with Gasteiger partial charge in [0.1, 0.15) is 0 Å². The number of nitrogens with one attached hydrogen (secondary N) is 1. The summed E-state index contributed by atoms with van der Waals surface area (Å²) in [6, 6.07) is 5.17. The number of morpholine rings is 1. The van der Waals surface area contributed by atoms with Crippen molar-refractivity contribution in [3.63, 3.8) is 0 Å². The highest BCUT2D eigenvalue weighted by molar-refractivity contribution is 7.89. The topological polar surface area (TPSA) is 88.2 Å². The molecule has 1 aromatic rings. The fraction of sp³-hybridized carbons (Fsp3) is 0.696. The van der Waals surface area contributed by atoms with E-state index >= 15 is 0 Å². The van der Waals surface area contributed by atoms with Crippen LogP contribution >= 0.6 is 0 Å². The van der Waals surface area contributed by atoms with Gasteiger partial charge in [-0.05, 0) is 43.9 Å². The van der Waals surface area contributed by atoms with Crippen molar-refractivity contribution in [2.45, 2.75) is 43.5 Å². The van der Waals surface area contributed by atoms with E-state index in [9.17, 15) is 13.2 Å². The first-order valence-corrected chi connectivity index (χ1v) is 13.2. The van der Waals surface area contributed by atoms with Crippen molar-refractivity contribution < 1.29 is 22.7 Å². The van der Waals surface area contributed by atoms with Crippen molar-refractivity contribution in [3.8, 4) is 0 Å². The minimum atomic E-state index is -3.60. The van der Waals surface area contributed by atoms with Gasteiger partial charge in [0.05, 0.1) is 24.7 Å². The molecule has 9 heteroatoms. The summed E-state index contributed by atoms with van der Waals surface area (Å²) in [6.45, 7) is 7.95. The number of carbonyl (C=O) groups excluding carboxylic acids is 1. The minimum absolute atomic E-state index is 0.187. The lowest BCUT2D eigenvalue weighted by Crippen LogP contribution is -2.52. The van der Waals surface area contributed by atoms with Crippen LogP contribution in [0.4, 0.5) is 0 Å². The van der Waals surface area contributed by atoms with E-state index in [4.69, 9.17) is 9.47 Å². The Morgan fingerprint density at radius 2 is 1.84 bits per heavy atom. The first kappa shape index (κ1) is 23.6. The number of benzene rings is 1. The molecule has 0 aliphatic carbocycles. The van der Waals surface area contributed by atoms with Gasteiger partial charge in [-0.1, -0.05) is 12.5 Å². The molecule has 8 nitrogen and oxygen atoms in total. The van der Waals surface area contributed by atoms with E-state index in [-0.39, 0.29) is 16.8 Å². The molecule has 32 heavy (non-hydrogen) atoms. The molecular weight excluding hydrogens is 430 g/mol. The van der Waals surface area contributed by atoms with Gasteiger partial charge in [0.25, 0.3) is 5.91 Å². The van der Waals surface area contributed by atoms with E-state index in [2.05, 4.69) is 10.2 Å². The Kier molecular flexibility index (Phi) is 7.83. The van der Waals surface area contributed by atoms with Crippen molar-refractivity contribution in [2.75, 3.05) is 59.2 Å². The Labute approximate surface area is 191 Å². The molecule has 3 aliphatic rings. The quantitative estimate of drug-likeness (QED) is 0.659.